The summed E-state index contributed by atoms with van der Waals surface area (Å²) >= 11 is 0. The number of nitrogens with zero attached hydrogens (tertiary/aromatic N) is 8. The van der Waals surface area contributed by atoms with Crippen LogP contribution in [-0.2, 0) is 17.3 Å². The van der Waals surface area contributed by atoms with Crippen LogP contribution in [-0.4, -0.2) is 42.4 Å². The lowest BCUT2D eigenvalue weighted by molar-refractivity contribution is 0.225. The molecule has 6 rings (SSSR count). The molecule has 0 amide bonds. The third-order valence-electron chi connectivity index (χ3n) is 11.3. The molecule has 0 aliphatic heterocycles. The third kappa shape index (κ3) is 5.87. The van der Waals surface area contributed by atoms with Crippen LogP contribution in [0.5, 0.6) is 0 Å². The Morgan fingerprint density at radius 1 is 0.510 bits per heavy atom. The van der Waals surface area contributed by atoms with Crippen LogP contribution in [0.15, 0.2) is 72.8 Å². The van der Waals surface area contributed by atoms with Gasteiger partial charge in [0.2, 0.25) is 0 Å². The summed E-state index contributed by atoms with van der Waals surface area (Å²) in [5, 5.41) is 41.1. The van der Waals surface area contributed by atoms with Gasteiger partial charge in [0, 0.05) is 0 Å². The highest BCUT2D eigenvalue weighted by Crippen LogP contribution is 2.44. The van der Waals surface area contributed by atoms with Gasteiger partial charge in [-0.3, -0.25) is 0 Å². The van der Waals surface area contributed by atoms with Crippen molar-refractivity contribution in [2.24, 2.45) is 10.8 Å². The molecule has 6 aromatic rings. The highest BCUT2D eigenvalue weighted by Gasteiger charge is 2.37. The lowest BCUT2D eigenvalue weighted by atomic mass is 9.64. The van der Waals surface area contributed by atoms with Gasteiger partial charge in [0.1, 0.15) is 22.1 Å². The van der Waals surface area contributed by atoms with Gasteiger partial charge in [0.25, 0.3) is 0 Å². The molecule has 0 aliphatic rings. The molecule has 0 radical (unpaired) electrons. The lowest BCUT2D eigenvalue weighted by Gasteiger charge is -2.40. The minimum Gasteiger partial charge on any atom is -0.810 e. The van der Waals surface area contributed by atoms with Crippen molar-refractivity contribution < 1.29 is 0 Å². The van der Waals surface area contributed by atoms with Crippen LogP contribution in [0.25, 0.3) is 44.3 Å². The van der Waals surface area contributed by atoms with E-state index in [1.807, 2.05) is 48.5 Å². The van der Waals surface area contributed by atoms with Crippen molar-refractivity contribution in [2.75, 3.05) is 0 Å². The minimum absolute atomic E-state index is 0.0874. The number of hydrogen-bond donors (Lipinski definition) is 0. The van der Waals surface area contributed by atoms with E-state index in [4.69, 9.17) is 20.4 Å². The molecule has 8 nitrogen and oxygen atoms in total. The van der Waals surface area contributed by atoms with Crippen LogP contribution >= 0.6 is 0 Å². The maximum atomic E-state index is 10.9. The second-order valence-corrected chi connectivity index (χ2v) is 16.3. The Hall–Kier alpha value is -4.98. The molecule has 2 aromatic heterocycles. The summed E-state index contributed by atoms with van der Waals surface area (Å²) in [6.07, 6.45) is 2.71. The van der Waals surface area contributed by atoms with E-state index in [0.717, 1.165) is 56.7 Å². The van der Waals surface area contributed by atoms with E-state index in [1.165, 1.54) is 0 Å². The highest BCUT2D eigenvalue weighted by molar-refractivity contribution is 5.92. The van der Waals surface area contributed by atoms with Gasteiger partial charge in [0.05, 0.1) is 11.4 Å². The fourth-order valence-electron chi connectivity index (χ4n) is 6.04. The SMILES string of the molecule is CC(C)(C)C(C)(C)c1cc(Cc2cc(C(C)(C)C(C)(C)C)cc(-n3nc4ccccc4n3)c2C=[N-])c(C=[N-])c(-n2nc3ccccc3n2)c1. The minimum atomic E-state index is -0.261. The van der Waals surface area contributed by atoms with E-state index < -0.39 is 0 Å². The first kappa shape index (κ1) is 33.9. The molecule has 2 heterocycles. The molecular weight excluding hydrogens is 605 g/mol. The number of hydrogen-bond acceptors (Lipinski definition) is 4. The van der Waals surface area contributed by atoms with Crippen LogP contribution in [0.4, 0.5) is 0 Å². The smallest absolute Gasteiger partial charge is 0.113 e. The zero-order chi connectivity index (χ0) is 35.5. The van der Waals surface area contributed by atoms with Gasteiger partial charge in [-0.1, -0.05) is 106 Å². The van der Waals surface area contributed by atoms with Crippen molar-refractivity contribution in [1.29, 1.82) is 0 Å². The standard InChI is InChI=1S/C41H46N8/c1-38(2,3)40(7,8)28-20-26(30(24-42)36(22-28)48-44-32-15-11-12-16-33(32)45-48)19-27-21-29(41(9,10)39(4,5)6)23-37(31(27)25-43)49-46-34-17-13-14-18-35(34)47-49/h11-18,20-25H,19H2,1-10H3/q-2. The zero-order valence-corrected chi connectivity index (χ0v) is 30.4. The van der Waals surface area contributed by atoms with E-state index in [0.29, 0.717) is 28.9 Å². The maximum absolute atomic E-state index is 10.9. The lowest BCUT2D eigenvalue weighted by Crippen LogP contribution is -2.34. The summed E-state index contributed by atoms with van der Waals surface area (Å²) in [4.78, 5) is 3.25. The predicted molar refractivity (Wildman–Crippen MR) is 203 cm³/mol. The van der Waals surface area contributed by atoms with E-state index in [1.54, 1.807) is 9.59 Å². The van der Waals surface area contributed by atoms with E-state index in [2.05, 4.69) is 93.5 Å². The fraction of sp³-hybridized carbons (Fsp3) is 0.366. The van der Waals surface area contributed by atoms with Crippen LogP contribution in [0.3, 0.4) is 0 Å². The summed E-state index contributed by atoms with van der Waals surface area (Å²) in [7, 11) is 0. The second-order valence-electron chi connectivity index (χ2n) is 16.3. The Kier molecular flexibility index (Phi) is 8.21. The average molecular weight is 651 g/mol. The molecule has 0 unspecified atom stereocenters. The van der Waals surface area contributed by atoms with Crippen molar-refractivity contribution in [3.05, 3.63) is 117 Å². The predicted octanol–water partition coefficient (Wildman–Crippen LogP) is 9.37. The van der Waals surface area contributed by atoms with Crippen LogP contribution in [0, 0.1) is 10.8 Å². The molecule has 0 saturated carbocycles. The average Bonchev–Trinajstić information content (AvgIpc) is 3.67. The van der Waals surface area contributed by atoms with Crippen LogP contribution < -0.4 is 0 Å². The number of benzene rings is 4. The van der Waals surface area contributed by atoms with Crippen molar-refractivity contribution >= 4 is 34.5 Å². The zero-order valence-electron chi connectivity index (χ0n) is 30.4. The summed E-state index contributed by atoms with van der Waals surface area (Å²) in [5.74, 6) is 0. The quantitative estimate of drug-likeness (QED) is 0.153. The van der Waals surface area contributed by atoms with Gasteiger partial charge in [-0.05, 0) is 97.9 Å². The summed E-state index contributed by atoms with van der Waals surface area (Å²) in [6.45, 7) is 22.4. The van der Waals surface area contributed by atoms with Gasteiger partial charge in [-0.15, -0.1) is 30.0 Å². The molecule has 0 atom stereocenters. The van der Waals surface area contributed by atoms with Gasteiger partial charge >= 0.3 is 0 Å². The number of aromatic nitrogens is 6. The molecule has 0 bridgehead atoms. The first-order valence-electron chi connectivity index (χ1n) is 16.9. The van der Waals surface area contributed by atoms with Crippen molar-refractivity contribution in [3.8, 4) is 11.4 Å². The highest BCUT2D eigenvalue weighted by atomic mass is 15.5. The molecule has 8 heteroatoms. The largest absolute Gasteiger partial charge is 0.810 e. The molecule has 252 valence electrons. The topological polar surface area (TPSA) is 106 Å². The first-order valence-corrected chi connectivity index (χ1v) is 16.9. The molecule has 0 spiro atoms. The fourth-order valence-corrected chi connectivity index (χ4v) is 6.04. The Morgan fingerprint density at radius 2 is 0.816 bits per heavy atom. The first-order chi connectivity index (χ1) is 23.0. The van der Waals surface area contributed by atoms with Crippen molar-refractivity contribution in [3.63, 3.8) is 0 Å². The summed E-state index contributed by atoms with van der Waals surface area (Å²) in [6, 6.07) is 24.1. The van der Waals surface area contributed by atoms with Gasteiger partial charge < -0.3 is 10.8 Å². The van der Waals surface area contributed by atoms with E-state index >= 15 is 0 Å². The molecule has 0 fully saturated rings. The number of fused-ring (bicyclic) bond motifs is 2. The molecule has 0 N–H and O–H groups in total. The van der Waals surface area contributed by atoms with Crippen molar-refractivity contribution in [2.45, 2.75) is 86.5 Å². The Labute approximate surface area is 289 Å². The van der Waals surface area contributed by atoms with E-state index in [-0.39, 0.29) is 21.7 Å². The van der Waals surface area contributed by atoms with Gasteiger partial charge in [0.15, 0.2) is 0 Å². The monoisotopic (exact) mass is 650 g/mol. The van der Waals surface area contributed by atoms with Gasteiger partial charge in [-0.25, -0.2) is 0 Å². The Morgan fingerprint density at radius 3 is 1.08 bits per heavy atom. The molecular formula is C41H46N8-2. The Bertz CT molecular complexity index is 1990. The van der Waals surface area contributed by atoms with Gasteiger partial charge in [-0.2, -0.15) is 12.4 Å². The second kappa shape index (κ2) is 11.9. The molecule has 4 aromatic carbocycles. The van der Waals surface area contributed by atoms with Crippen molar-refractivity contribution in [1.82, 2.24) is 30.0 Å². The maximum Gasteiger partial charge on any atom is 0.113 e. The Balaban J connectivity index is 1.64. The normalized spacial score (nSPS) is 12.9. The summed E-state index contributed by atoms with van der Waals surface area (Å²) < 4.78 is 0. The summed E-state index contributed by atoms with van der Waals surface area (Å²) in [5.41, 5.74) is 8.93. The van der Waals surface area contributed by atoms with E-state index in [9.17, 15) is 10.8 Å². The molecule has 0 aliphatic carbocycles. The van der Waals surface area contributed by atoms with Crippen LogP contribution in [0.2, 0.25) is 0 Å². The van der Waals surface area contributed by atoms with Crippen LogP contribution in [0.1, 0.15) is 103 Å². The third-order valence-corrected chi connectivity index (χ3v) is 11.3. The number of rotatable bonds is 8. The molecule has 49 heavy (non-hydrogen) atoms. The molecule has 0 saturated heterocycles.